The first-order chi connectivity index (χ1) is 18.1. The summed E-state index contributed by atoms with van der Waals surface area (Å²) >= 11 is 7.65. The summed E-state index contributed by atoms with van der Waals surface area (Å²) in [5, 5.41) is 14.5. The van der Waals surface area contributed by atoms with Crippen LogP contribution in [0.15, 0.2) is 46.0 Å². The predicted molar refractivity (Wildman–Crippen MR) is 136 cm³/mol. The zero-order valence-corrected chi connectivity index (χ0v) is 22.0. The molecule has 1 fully saturated rings. The second-order valence-corrected chi connectivity index (χ2v) is 10.3. The number of aliphatic carboxylic acids is 1. The fourth-order valence-electron chi connectivity index (χ4n) is 4.64. The van der Waals surface area contributed by atoms with Crippen LogP contribution < -0.4 is 5.32 Å². The van der Waals surface area contributed by atoms with E-state index in [4.69, 9.17) is 21.4 Å². The minimum absolute atomic E-state index is 0.0316. The van der Waals surface area contributed by atoms with Gasteiger partial charge >= 0.3 is 11.9 Å². The number of carbonyl (C=O) groups is 2. The third-order valence-electron chi connectivity index (χ3n) is 6.36. The number of hydrogen-bond acceptors (Lipinski definition) is 8. The summed E-state index contributed by atoms with van der Waals surface area (Å²) in [5.41, 5.74) is 0.634. The van der Waals surface area contributed by atoms with E-state index in [0.29, 0.717) is 16.4 Å². The lowest BCUT2D eigenvalue weighted by molar-refractivity contribution is -0.139. The number of carboxylic acids is 1. The summed E-state index contributed by atoms with van der Waals surface area (Å²) in [6, 6.07) is 2.24. The summed E-state index contributed by atoms with van der Waals surface area (Å²) in [6.07, 6.45) is 1.31. The van der Waals surface area contributed by atoms with Crippen molar-refractivity contribution in [1.29, 1.82) is 0 Å². The number of esters is 1. The Kier molecular flexibility index (Phi) is 8.74. The number of piperidine rings is 1. The molecular formula is C25H26ClF3N4O4S. The molecule has 38 heavy (non-hydrogen) atoms. The highest BCUT2D eigenvalue weighted by atomic mass is 35.5. The number of likely N-dealkylation sites (tertiary alicyclic amines) is 1. The van der Waals surface area contributed by atoms with E-state index in [2.05, 4.69) is 15.3 Å². The average Bonchev–Trinajstić information content (AvgIpc) is 3.38. The standard InChI is InChI=1S/C25H26ClF3N4O4S/c1-2-37-24(36)20-18(12-33-13-25(28,29)8-7-15(33)4-6-19(34)35)31-22(23-30-9-10-38-23)32-21(20)16-5-3-14(27)11-17(16)26/h3,5,9-11,15,21H,2,4,6-8,12-13H2,1H3,(H,31,32)(H,34,35)/t15-,21-/m0/s1. The molecule has 204 valence electrons. The van der Waals surface area contributed by atoms with Crippen LogP contribution in [0, 0.1) is 5.82 Å². The van der Waals surface area contributed by atoms with Gasteiger partial charge in [0, 0.05) is 53.3 Å². The lowest BCUT2D eigenvalue weighted by Crippen LogP contribution is -2.51. The van der Waals surface area contributed by atoms with Crippen LogP contribution in [0.4, 0.5) is 13.2 Å². The normalized spacial score (nSPS) is 21.6. The van der Waals surface area contributed by atoms with Crippen LogP contribution in [0.3, 0.4) is 0 Å². The Morgan fingerprint density at radius 1 is 1.37 bits per heavy atom. The summed E-state index contributed by atoms with van der Waals surface area (Å²) in [6.45, 7) is 0.940. The molecule has 2 atom stereocenters. The van der Waals surface area contributed by atoms with Crippen LogP contribution in [0.5, 0.6) is 0 Å². The van der Waals surface area contributed by atoms with Gasteiger partial charge in [-0.2, -0.15) is 0 Å². The molecular weight excluding hydrogens is 545 g/mol. The zero-order chi connectivity index (χ0) is 27.4. The molecule has 2 N–H and O–H groups in total. The number of carbonyl (C=O) groups excluding carboxylic acids is 1. The first kappa shape index (κ1) is 28.1. The average molecular weight is 571 g/mol. The van der Waals surface area contributed by atoms with Crippen LogP contribution in [-0.2, 0) is 14.3 Å². The number of carboxylic acid groups (broad SMARTS) is 1. The van der Waals surface area contributed by atoms with Crippen LogP contribution >= 0.6 is 22.9 Å². The minimum atomic E-state index is -2.98. The summed E-state index contributed by atoms with van der Waals surface area (Å²) in [5.74, 6) is -5.01. The van der Waals surface area contributed by atoms with E-state index in [1.807, 2.05) is 0 Å². The predicted octanol–water partition coefficient (Wildman–Crippen LogP) is 4.81. The number of thiazole rings is 1. The zero-order valence-electron chi connectivity index (χ0n) is 20.4. The Morgan fingerprint density at radius 2 is 2.16 bits per heavy atom. The van der Waals surface area contributed by atoms with Crippen LogP contribution in [0.2, 0.25) is 5.02 Å². The SMILES string of the molecule is CCOC(=O)C1=C(CN2CC(F)(F)CC[C@@H]2CCC(=O)O)NC(c2nccs2)=N[C@H]1c1ccc(F)cc1Cl. The van der Waals surface area contributed by atoms with Crippen LogP contribution in [0.1, 0.15) is 49.2 Å². The lowest BCUT2D eigenvalue weighted by Gasteiger charge is -2.41. The van der Waals surface area contributed by atoms with Crippen molar-refractivity contribution in [3.05, 3.63) is 62.5 Å². The van der Waals surface area contributed by atoms with Gasteiger partial charge in [0.1, 0.15) is 11.9 Å². The lowest BCUT2D eigenvalue weighted by atomic mass is 9.92. The number of amidine groups is 1. The highest BCUT2D eigenvalue weighted by Gasteiger charge is 2.42. The first-order valence-electron chi connectivity index (χ1n) is 12.0. The fourth-order valence-corrected chi connectivity index (χ4v) is 5.50. The maximum Gasteiger partial charge on any atom is 0.338 e. The van der Waals surface area contributed by atoms with Crippen molar-refractivity contribution in [2.45, 2.75) is 50.6 Å². The molecule has 1 aromatic heterocycles. The highest BCUT2D eigenvalue weighted by molar-refractivity contribution is 7.11. The van der Waals surface area contributed by atoms with E-state index < -0.39 is 42.3 Å². The molecule has 1 aromatic carbocycles. The maximum absolute atomic E-state index is 14.5. The highest BCUT2D eigenvalue weighted by Crippen LogP contribution is 2.38. The molecule has 2 aromatic rings. The Labute approximate surface area is 226 Å². The Balaban J connectivity index is 1.81. The number of halogens is 4. The molecule has 0 radical (unpaired) electrons. The van der Waals surface area contributed by atoms with Gasteiger partial charge in [-0.05, 0) is 31.9 Å². The fraction of sp³-hybridized carbons (Fsp3) is 0.440. The van der Waals surface area contributed by atoms with Gasteiger partial charge in [-0.3, -0.25) is 14.7 Å². The summed E-state index contributed by atoms with van der Waals surface area (Å²) in [7, 11) is 0. The summed E-state index contributed by atoms with van der Waals surface area (Å²) < 4.78 is 48.2. The van der Waals surface area contributed by atoms with E-state index in [-0.39, 0.29) is 55.1 Å². The molecule has 2 aliphatic rings. The minimum Gasteiger partial charge on any atom is -0.481 e. The Bertz CT molecular complexity index is 1260. The molecule has 3 heterocycles. The first-order valence-corrected chi connectivity index (χ1v) is 13.3. The quantitative estimate of drug-likeness (QED) is 0.417. The molecule has 0 spiro atoms. The van der Waals surface area contributed by atoms with Gasteiger partial charge in [-0.25, -0.2) is 22.9 Å². The second kappa shape index (κ2) is 11.8. The third kappa shape index (κ3) is 6.54. The monoisotopic (exact) mass is 570 g/mol. The molecule has 0 bridgehead atoms. The van der Waals surface area contributed by atoms with Crippen LogP contribution in [-0.4, -0.2) is 64.4 Å². The van der Waals surface area contributed by atoms with Crippen molar-refractivity contribution in [2.75, 3.05) is 19.7 Å². The second-order valence-electron chi connectivity index (χ2n) is 9.01. The molecule has 0 saturated carbocycles. The van der Waals surface area contributed by atoms with Crippen molar-refractivity contribution in [3.63, 3.8) is 0 Å². The molecule has 4 rings (SSSR count). The van der Waals surface area contributed by atoms with Gasteiger partial charge in [0.05, 0.1) is 18.7 Å². The number of aromatic nitrogens is 1. The van der Waals surface area contributed by atoms with Crippen molar-refractivity contribution >= 4 is 40.7 Å². The van der Waals surface area contributed by atoms with Gasteiger partial charge in [0.2, 0.25) is 0 Å². The van der Waals surface area contributed by atoms with Crippen molar-refractivity contribution in [2.24, 2.45) is 4.99 Å². The van der Waals surface area contributed by atoms with E-state index in [0.717, 1.165) is 6.07 Å². The number of aliphatic imine (C=N–C) groups is 1. The van der Waals surface area contributed by atoms with Gasteiger partial charge < -0.3 is 15.2 Å². The molecule has 13 heteroatoms. The topological polar surface area (TPSA) is 104 Å². The molecule has 0 amide bonds. The number of nitrogens with one attached hydrogen (secondary N) is 1. The largest absolute Gasteiger partial charge is 0.481 e. The van der Waals surface area contributed by atoms with E-state index in [1.54, 1.807) is 18.5 Å². The Morgan fingerprint density at radius 3 is 2.82 bits per heavy atom. The van der Waals surface area contributed by atoms with Crippen molar-refractivity contribution in [3.8, 4) is 0 Å². The Hall–Kier alpha value is -2.96. The molecule has 0 unspecified atom stereocenters. The maximum atomic E-state index is 14.5. The number of benzene rings is 1. The third-order valence-corrected chi connectivity index (χ3v) is 7.47. The molecule has 1 saturated heterocycles. The van der Waals surface area contributed by atoms with E-state index >= 15 is 0 Å². The van der Waals surface area contributed by atoms with Crippen molar-refractivity contribution in [1.82, 2.24) is 15.2 Å². The van der Waals surface area contributed by atoms with Crippen molar-refractivity contribution < 1.29 is 32.6 Å². The number of hydrogen-bond donors (Lipinski definition) is 2. The molecule has 2 aliphatic heterocycles. The van der Waals surface area contributed by atoms with Gasteiger partial charge in [-0.1, -0.05) is 17.7 Å². The molecule has 8 nitrogen and oxygen atoms in total. The summed E-state index contributed by atoms with van der Waals surface area (Å²) in [4.78, 5) is 34.9. The van der Waals surface area contributed by atoms with Gasteiger partial charge in [0.15, 0.2) is 10.8 Å². The number of alkyl halides is 2. The van der Waals surface area contributed by atoms with E-state index in [9.17, 15) is 22.8 Å². The number of nitrogens with zero attached hydrogens (tertiary/aromatic N) is 3. The van der Waals surface area contributed by atoms with Gasteiger partial charge in [0.25, 0.3) is 5.92 Å². The number of rotatable bonds is 9. The molecule has 0 aliphatic carbocycles. The van der Waals surface area contributed by atoms with E-state index in [1.165, 1.54) is 28.4 Å². The number of ether oxygens (including phenoxy) is 1. The smallest absolute Gasteiger partial charge is 0.338 e. The van der Waals surface area contributed by atoms with Gasteiger partial charge in [-0.15, -0.1) is 11.3 Å². The van der Waals surface area contributed by atoms with Crippen LogP contribution in [0.25, 0.3) is 0 Å².